The molecule has 1 aromatic rings. The Morgan fingerprint density at radius 2 is 2.11 bits per heavy atom. The Balaban J connectivity index is 2.08. The van der Waals surface area contributed by atoms with Crippen molar-refractivity contribution in [1.82, 2.24) is 5.32 Å². The first-order valence-electron chi connectivity index (χ1n) is 6.54. The molecule has 0 saturated heterocycles. The lowest BCUT2D eigenvalue weighted by atomic mass is 9.80. The first-order valence-corrected chi connectivity index (χ1v) is 7.85. The second kappa shape index (κ2) is 5.84. The highest BCUT2D eigenvalue weighted by atomic mass is 32.2. The van der Waals surface area contributed by atoms with Crippen molar-refractivity contribution in [3.63, 3.8) is 0 Å². The average molecular weight is 281 g/mol. The molecular formula is C14H19NO3S. The Hall–Kier alpha value is -1.20. The molecule has 0 radical (unpaired) electrons. The van der Waals surface area contributed by atoms with Gasteiger partial charge in [0.2, 0.25) is 0 Å². The molecule has 1 aliphatic rings. The molecule has 19 heavy (non-hydrogen) atoms. The zero-order valence-corrected chi connectivity index (χ0v) is 11.8. The van der Waals surface area contributed by atoms with Crippen LogP contribution in [0.3, 0.4) is 0 Å². The van der Waals surface area contributed by atoms with E-state index in [4.69, 9.17) is 0 Å². The van der Waals surface area contributed by atoms with Crippen LogP contribution in [0.4, 0.5) is 0 Å². The molecular weight excluding hydrogens is 262 g/mol. The molecule has 1 aromatic carbocycles. The van der Waals surface area contributed by atoms with Gasteiger partial charge in [-0.15, -0.1) is 0 Å². The van der Waals surface area contributed by atoms with Gasteiger partial charge < -0.3 is 10.4 Å². The Bertz CT molecular complexity index is 497. The van der Waals surface area contributed by atoms with Crippen molar-refractivity contribution in [1.29, 1.82) is 0 Å². The number of amides is 1. The highest BCUT2D eigenvalue weighted by Crippen LogP contribution is 2.30. The smallest absolute Gasteiger partial charge is 0.252 e. The first kappa shape index (κ1) is 14.2. The average Bonchev–Trinajstić information content (AvgIpc) is 2.41. The van der Waals surface area contributed by atoms with Crippen molar-refractivity contribution < 1.29 is 14.1 Å². The van der Waals surface area contributed by atoms with Gasteiger partial charge in [-0.3, -0.25) is 9.00 Å². The van der Waals surface area contributed by atoms with Crippen molar-refractivity contribution in [3.8, 4) is 0 Å². The number of carbonyl (C=O) groups is 1. The normalized spacial score (nSPS) is 18.4. The van der Waals surface area contributed by atoms with Crippen LogP contribution in [0.15, 0.2) is 29.2 Å². The zero-order valence-electron chi connectivity index (χ0n) is 11.0. The highest BCUT2D eigenvalue weighted by Gasteiger charge is 2.34. The molecule has 104 valence electrons. The Kier molecular flexibility index (Phi) is 4.37. The molecule has 0 aliphatic heterocycles. The monoisotopic (exact) mass is 281 g/mol. The minimum absolute atomic E-state index is 0.263. The lowest BCUT2D eigenvalue weighted by molar-refractivity contribution is -0.0300. The summed E-state index contributed by atoms with van der Waals surface area (Å²) in [6.07, 6.45) is 2.47. The molecule has 0 spiro atoms. The fraction of sp³-hybridized carbons (Fsp3) is 0.500. The molecule has 2 N–H and O–H groups in total. The largest absolute Gasteiger partial charge is 0.388 e. The van der Waals surface area contributed by atoms with Crippen molar-refractivity contribution in [3.05, 3.63) is 29.8 Å². The number of hydrogen-bond donors (Lipinski definition) is 2. The predicted octanol–water partition coefficient (Wildman–Crippen LogP) is 1.46. The van der Waals surface area contributed by atoms with E-state index >= 15 is 0 Å². The Morgan fingerprint density at radius 3 is 2.68 bits per heavy atom. The summed E-state index contributed by atoms with van der Waals surface area (Å²) in [5.41, 5.74) is -0.306. The number of carbonyl (C=O) groups excluding carboxylic acids is 1. The molecule has 5 heteroatoms. The molecule has 0 heterocycles. The fourth-order valence-corrected chi connectivity index (χ4v) is 3.06. The molecule has 1 saturated carbocycles. The molecule has 1 unspecified atom stereocenters. The van der Waals surface area contributed by atoms with E-state index in [1.165, 1.54) is 0 Å². The maximum absolute atomic E-state index is 12.1. The van der Waals surface area contributed by atoms with Crippen molar-refractivity contribution in [2.75, 3.05) is 12.3 Å². The topological polar surface area (TPSA) is 66.4 Å². The van der Waals surface area contributed by atoms with Gasteiger partial charge in [0.1, 0.15) is 0 Å². The summed E-state index contributed by atoms with van der Waals surface area (Å²) in [5.74, 6) is 0.214. The van der Waals surface area contributed by atoms with Crippen molar-refractivity contribution >= 4 is 16.7 Å². The van der Waals surface area contributed by atoms with Crippen LogP contribution in [0, 0.1) is 0 Å². The number of benzene rings is 1. The van der Waals surface area contributed by atoms with Crippen molar-refractivity contribution in [2.45, 2.75) is 36.7 Å². The Morgan fingerprint density at radius 1 is 1.42 bits per heavy atom. The summed E-state index contributed by atoms with van der Waals surface area (Å²) in [6.45, 7) is 2.08. The molecule has 1 aliphatic carbocycles. The number of nitrogens with one attached hydrogen (secondary N) is 1. The highest BCUT2D eigenvalue weighted by molar-refractivity contribution is 7.85. The predicted molar refractivity (Wildman–Crippen MR) is 74.5 cm³/mol. The van der Waals surface area contributed by atoms with E-state index in [-0.39, 0.29) is 12.5 Å². The van der Waals surface area contributed by atoms with Crippen LogP contribution < -0.4 is 5.32 Å². The van der Waals surface area contributed by atoms with Gasteiger partial charge in [-0.25, -0.2) is 0 Å². The third-order valence-corrected chi connectivity index (χ3v) is 4.87. The Labute approximate surface area is 115 Å². The van der Waals surface area contributed by atoms with Gasteiger partial charge in [-0.2, -0.15) is 0 Å². The minimum Gasteiger partial charge on any atom is -0.388 e. The fourth-order valence-electron chi connectivity index (χ4n) is 2.11. The molecule has 1 atom stereocenters. The maximum atomic E-state index is 12.1. The van der Waals surface area contributed by atoms with E-state index < -0.39 is 16.4 Å². The van der Waals surface area contributed by atoms with Crippen LogP contribution in [0.2, 0.25) is 0 Å². The van der Waals surface area contributed by atoms with Gasteiger partial charge in [-0.05, 0) is 31.4 Å². The number of aliphatic hydroxyl groups is 1. The molecule has 1 amide bonds. The van der Waals surface area contributed by atoms with Gasteiger partial charge in [0.05, 0.1) is 26.9 Å². The molecule has 2 rings (SSSR count). The van der Waals surface area contributed by atoms with E-state index in [1.807, 2.05) is 6.92 Å². The molecule has 0 bridgehead atoms. The summed E-state index contributed by atoms with van der Waals surface area (Å²) in [5, 5.41) is 12.7. The summed E-state index contributed by atoms with van der Waals surface area (Å²) in [6, 6.07) is 6.91. The van der Waals surface area contributed by atoms with Crippen LogP contribution in [-0.4, -0.2) is 33.1 Å². The first-order chi connectivity index (χ1) is 9.06. The van der Waals surface area contributed by atoms with Gasteiger partial charge in [0.25, 0.3) is 5.91 Å². The zero-order chi connectivity index (χ0) is 13.9. The summed E-state index contributed by atoms with van der Waals surface area (Å²) in [7, 11) is -1.16. The minimum atomic E-state index is -1.16. The number of hydrogen-bond acceptors (Lipinski definition) is 3. The lowest BCUT2D eigenvalue weighted by Gasteiger charge is -2.36. The van der Waals surface area contributed by atoms with Gasteiger partial charge >= 0.3 is 0 Å². The van der Waals surface area contributed by atoms with E-state index in [0.29, 0.717) is 16.2 Å². The van der Waals surface area contributed by atoms with Gasteiger partial charge in [0, 0.05) is 12.3 Å². The molecule has 0 aromatic heterocycles. The summed E-state index contributed by atoms with van der Waals surface area (Å²) < 4.78 is 11.9. The van der Waals surface area contributed by atoms with E-state index in [9.17, 15) is 14.1 Å². The lowest BCUT2D eigenvalue weighted by Crippen LogP contribution is -2.47. The summed E-state index contributed by atoms with van der Waals surface area (Å²) >= 11 is 0. The standard InChI is InChI=1S/C14H19NO3S/c1-2-19(18)12-7-4-3-6-11(12)13(16)15-10-14(17)8-5-9-14/h3-4,6-7,17H,2,5,8-10H2,1H3,(H,15,16). The van der Waals surface area contributed by atoms with Crippen LogP contribution >= 0.6 is 0 Å². The summed E-state index contributed by atoms with van der Waals surface area (Å²) in [4.78, 5) is 12.7. The van der Waals surface area contributed by atoms with E-state index in [1.54, 1.807) is 24.3 Å². The third kappa shape index (κ3) is 3.22. The van der Waals surface area contributed by atoms with Crippen molar-refractivity contribution in [2.24, 2.45) is 0 Å². The number of rotatable bonds is 5. The van der Waals surface area contributed by atoms with E-state index in [0.717, 1.165) is 19.3 Å². The van der Waals surface area contributed by atoms with Gasteiger partial charge in [-0.1, -0.05) is 19.1 Å². The van der Waals surface area contributed by atoms with Crippen LogP contribution in [0.5, 0.6) is 0 Å². The second-order valence-electron chi connectivity index (χ2n) is 4.89. The quantitative estimate of drug-likeness (QED) is 0.858. The van der Waals surface area contributed by atoms with Gasteiger partial charge in [0.15, 0.2) is 0 Å². The van der Waals surface area contributed by atoms with Crippen LogP contribution in [0.1, 0.15) is 36.5 Å². The molecule has 1 fully saturated rings. The maximum Gasteiger partial charge on any atom is 0.252 e. The van der Waals surface area contributed by atoms with Crippen LogP contribution in [0.25, 0.3) is 0 Å². The van der Waals surface area contributed by atoms with E-state index in [2.05, 4.69) is 5.32 Å². The van der Waals surface area contributed by atoms with Crippen LogP contribution in [-0.2, 0) is 10.8 Å². The third-order valence-electron chi connectivity index (χ3n) is 3.50. The molecule has 4 nitrogen and oxygen atoms in total. The second-order valence-corrected chi connectivity index (χ2v) is 6.60. The SMILES string of the molecule is CCS(=O)c1ccccc1C(=O)NCC1(O)CCC1.